The molecule has 5 nitrogen and oxygen atoms in total. The van der Waals surface area contributed by atoms with E-state index in [1.165, 1.54) is 0 Å². The van der Waals surface area contributed by atoms with Gasteiger partial charge in [0.05, 0.1) is 6.04 Å². The normalized spacial score (nSPS) is 29.9. The molecule has 3 N–H and O–H groups in total. The average molecular weight is 225 g/mol. The summed E-state index contributed by atoms with van der Waals surface area (Å²) in [5.74, 6) is 0.163. The number of rotatable bonds is 3. The lowest BCUT2D eigenvalue weighted by atomic mass is 10.0. The number of carbonyl (C=O) groups excluding carboxylic acids is 2. The van der Waals surface area contributed by atoms with Gasteiger partial charge < -0.3 is 16.0 Å². The Morgan fingerprint density at radius 3 is 2.88 bits per heavy atom. The molecule has 2 heterocycles. The fourth-order valence-corrected chi connectivity index (χ4v) is 2.25. The molecule has 2 unspecified atom stereocenters. The van der Waals surface area contributed by atoms with E-state index in [0.29, 0.717) is 13.0 Å². The summed E-state index contributed by atoms with van der Waals surface area (Å²) in [4.78, 5) is 22.7. The highest BCUT2D eigenvalue weighted by Crippen LogP contribution is 2.08. The SMILES string of the molecule is O=C1CCC(CNC(=O)C2CCCCN2)N1. The second-order valence-corrected chi connectivity index (χ2v) is 4.55. The first-order chi connectivity index (χ1) is 7.75. The van der Waals surface area contributed by atoms with E-state index in [0.717, 1.165) is 32.2 Å². The van der Waals surface area contributed by atoms with E-state index in [1.807, 2.05) is 0 Å². The van der Waals surface area contributed by atoms with Gasteiger partial charge in [0.15, 0.2) is 0 Å². The molecule has 2 aliphatic rings. The van der Waals surface area contributed by atoms with Gasteiger partial charge in [0, 0.05) is 19.0 Å². The van der Waals surface area contributed by atoms with Gasteiger partial charge in [-0.05, 0) is 25.8 Å². The van der Waals surface area contributed by atoms with Gasteiger partial charge >= 0.3 is 0 Å². The van der Waals surface area contributed by atoms with Crippen LogP contribution in [0.2, 0.25) is 0 Å². The Morgan fingerprint density at radius 2 is 2.25 bits per heavy atom. The third-order valence-electron chi connectivity index (χ3n) is 3.23. The van der Waals surface area contributed by atoms with Gasteiger partial charge in [0.2, 0.25) is 11.8 Å². The van der Waals surface area contributed by atoms with Crippen LogP contribution >= 0.6 is 0 Å². The predicted octanol–water partition coefficient (Wildman–Crippen LogP) is -0.477. The van der Waals surface area contributed by atoms with Crippen molar-refractivity contribution in [1.29, 1.82) is 0 Å². The number of nitrogens with one attached hydrogen (secondary N) is 3. The molecule has 2 rings (SSSR count). The molecule has 2 atom stereocenters. The van der Waals surface area contributed by atoms with Crippen LogP contribution in [0.1, 0.15) is 32.1 Å². The fourth-order valence-electron chi connectivity index (χ4n) is 2.25. The summed E-state index contributed by atoms with van der Waals surface area (Å²) in [5, 5.41) is 8.94. The van der Waals surface area contributed by atoms with Crippen LogP contribution in [0.5, 0.6) is 0 Å². The van der Waals surface area contributed by atoms with E-state index in [1.54, 1.807) is 0 Å². The van der Waals surface area contributed by atoms with E-state index in [-0.39, 0.29) is 23.9 Å². The van der Waals surface area contributed by atoms with Crippen LogP contribution in [0.25, 0.3) is 0 Å². The van der Waals surface area contributed by atoms with Crippen molar-refractivity contribution in [3.8, 4) is 0 Å². The van der Waals surface area contributed by atoms with Gasteiger partial charge in [-0.15, -0.1) is 0 Å². The minimum Gasteiger partial charge on any atom is -0.353 e. The van der Waals surface area contributed by atoms with Crippen molar-refractivity contribution < 1.29 is 9.59 Å². The van der Waals surface area contributed by atoms with Crippen molar-refractivity contribution in [2.45, 2.75) is 44.2 Å². The molecule has 16 heavy (non-hydrogen) atoms. The van der Waals surface area contributed by atoms with E-state index < -0.39 is 0 Å². The first kappa shape index (κ1) is 11.4. The smallest absolute Gasteiger partial charge is 0.237 e. The zero-order chi connectivity index (χ0) is 11.4. The molecule has 2 saturated heterocycles. The summed E-state index contributed by atoms with van der Waals surface area (Å²) in [6, 6.07) is 0.0888. The Bertz CT molecular complexity index is 274. The Kier molecular flexibility index (Phi) is 3.77. The molecule has 0 saturated carbocycles. The second-order valence-electron chi connectivity index (χ2n) is 4.55. The molecule has 0 aromatic carbocycles. The first-order valence-electron chi connectivity index (χ1n) is 6.06. The standard InChI is InChI=1S/C11H19N3O2/c15-10-5-4-8(14-10)7-13-11(16)9-3-1-2-6-12-9/h8-9,12H,1-7H2,(H,13,16)(H,14,15). The maximum absolute atomic E-state index is 11.8. The van der Waals surface area contributed by atoms with Crippen LogP contribution < -0.4 is 16.0 Å². The van der Waals surface area contributed by atoms with E-state index in [2.05, 4.69) is 16.0 Å². The number of hydrogen-bond acceptors (Lipinski definition) is 3. The van der Waals surface area contributed by atoms with Crippen LogP contribution in [0.3, 0.4) is 0 Å². The lowest BCUT2D eigenvalue weighted by molar-refractivity contribution is -0.124. The van der Waals surface area contributed by atoms with Crippen LogP contribution in [0, 0.1) is 0 Å². The molecular weight excluding hydrogens is 206 g/mol. The van der Waals surface area contributed by atoms with Crippen molar-refractivity contribution in [1.82, 2.24) is 16.0 Å². The fraction of sp³-hybridized carbons (Fsp3) is 0.818. The largest absolute Gasteiger partial charge is 0.353 e. The zero-order valence-corrected chi connectivity index (χ0v) is 9.42. The maximum atomic E-state index is 11.8. The minimum atomic E-state index is -0.0362. The quantitative estimate of drug-likeness (QED) is 0.608. The van der Waals surface area contributed by atoms with Gasteiger partial charge in [-0.25, -0.2) is 0 Å². The summed E-state index contributed by atoms with van der Waals surface area (Å²) in [5.41, 5.74) is 0. The number of amides is 2. The van der Waals surface area contributed by atoms with E-state index in [9.17, 15) is 9.59 Å². The van der Waals surface area contributed by atoms with Gasteiger partial charge in [0.1, 0.15) is 0 Å². The number of carbonyl (C=O) groups is 2. The summed E-state index contributed by atoms with van der Waals surface area (Å²) in [7, 11) is 0. The Hall–Kier alpha value is -1.10. The predicted molar refractivity (Wildman–Crippen MR) is 59.8 cm³/mol. The van der Waals surface area contributed by atoms with Crippen molar-refractivity contribution in [2.75, 3.05) is 13.1 Å². The summed E-state index contributed by atoms with van der Waals surface area (Å²) in [6.07, 6.45) is 4.61. The molecule has 0 aromatic rings. The summed E-state index contributed by atoms with van der Waals surface area (Å²) in [6.45, 7) is 1.49. The van der Waals surface area contributed by atoms with Crippen LogP contribution in [-0.4, -0.2) is 37.0 Å². The van der Waals surface area contributed by atoms with Crippen LogP contribution in [-0.2, 0) is 9.59 Å². The lowest BCUT2D eigenvalue weighted by Gasteiger charge is -2.23. The minimum absolute atomic E-state index is 0.0362. The molecular formula is C11H19N3O2. The van der Waals surface area contributed by atoms with Crippen molar-refractivity contribution >= 4 is 11.8 Å². The molecule has 0 aromatic heterocycles. The topological polar surface area (TPSA) is 70.2 Å². The first-order valence-corrected chi connectivity index (χ1v) is 6.06. The third-order valence-corrected chi connectivity index (χ3v) is 3.23. The van der Waals surface area contributed by atoms with Gasteiger partial charge in [-0.1, -0.05) is 6.42 Å². The summed E-state index contributed by atoms with van der Waals surface area (Å²) < 4.78 is 0. The van der Waals surface area contributed by atoms with Crippen LogP contribution in [0.15, 0.2) is 0 Å². The monoisotopic (exact) mass is 225 g/mol. The molecule has 0 spiro atoms. The lowest BCUT2D eigenvalue weighted by Crippen LogP contribution is -2.49. The second kappa shape index (κ2) is 5.30. The molecule has 0 bridgehead atoms. The Balaban J connectivity index is 1.68. The van der Waals surface area contributed by atoms with Crippen molar-refractivity contribution in [3.63, 3.8) is 0 Å². The van der Waals surface area contributed by atoms with E-state index in [4.69, 9.17) is 0 Å². The van der Waals surface area contributed by atoms with Gasteiger partial charge in [-0.3, -0.25) is 9.59 Å². The molecule has 2 aliphatic heterocycles. The van der Waals surface area contributed by atoms with Crippen molar-refractivity contribution in [3.05, 3.63) is 0 Å². The molecule has 0 radical (unpaired) electrons. The molecule has 90 valence electrons. The molecule has 2 amide bonds. The molecule has 5 heteroatoms. The Morgan fingerprint density at radius 1 is 1.38 bits per heavy atom. The zero-order valence-electron chi connectivity index (χ0n) is 9.42. The molecule has 0 aliphatic carbocycles. The Labute approximate surface area is 95.3 Å². The highest BCUT2D eigenvalue weighted by atomic mass is 16.2. The van der Waals surface area contributed by atoms with Crippen molar-refractivity contribution in [2.24, 2.45) is 0 Å². The summed E-state index contributed by atoms with van der Waals surface area (Å²) >= 11 is 0. The number of hydrogen-bond donors (Lipinski definition) is 3. The van der Waals surface area contributed by atoms with Gasteiger partial charge in [0.25, 0.3) is 0 Å². The van der Waals surface area contributed by atoms with Crippen LogP contribution in [0.4, 0.5) is 0 Å². The highest BCUT2D eigenvalue weighted by molar-refractivity contribution is 5.82. The van der Waals surface area contributed by atoms with E-state index >= 15 is 0 Å². The molecule has 2 fully saturated rings. The van der Waals surface area contributed by atoms with Gasteiger partial charge in [-0.2, -0.15) is 0 Å². The maximum Gasteiger partial charge on any atom is 0.237 e. The third kappa shape index (κ3) is 2.95. The number of piperidine rings is 1. The highest BCUT2D eigenvalue weighted by Gasteiger charge is 2.24. The average Bonchev–Trinajstić information content (AvgIpc) is 2.73.